The van der Waals surface area contributed by atoms with E-state index in [2.05, 4.69) is 15.5 Å². The molecule has 0 bridgehead atoms. The van der Waals surface area contributed by atoms with Crippen LogP contribution in [-0.2, 0) is 0 Å². The van der Waals surface area contributed by atoms with Gasteiger partial charge in [-0.3, -0.25) is 14.9 Å². The van der Waals surface area contributed by atoms with Crippen LogP contribution in [0.5, 0.6) is 11.6 Å². The van der Waals surface area contributed by atoms with E-state index in [0.717, 1.165) is 11.3 Å². The maximum Gasteiger partial charge on any atom is 0.282 e. The van der Waals surface area contributed by atoms with Crippen molar-refractivity contribution in [3.8, 4) is 22.9 Å². The van der Waals surface area contributed by atoms with E-state index in [1.54, 1.807) is 25.3 Å². The number of nitro groups is 1. The fraction of sp³-hybridized carbons (Fsp3) is 0.150. The highest BCUT2D eigenvalue weighted by molar-refractivity contribution is 5.98. The van der Waals surface area contributed by atoms with Crippen molar-refractivity contribution in [1.29, 1.82) is 0 Å². The average Bonchev–Trinajstić information content (AvgIpc) is 2.77. The number of carbonyl (C=O) groups excluding carboxylic acids is 1. The Morgan fingerprint density at radius 2 is 1.83 bits per heavy atom. The zero-order valence-corrected chi connectivity index (χ0v) is 15.6. The standard InChI is InChI=1S/C20H18N4O5/c1-28-15-8-6-14(7-9-15)17-10-11-19(23-22-17)29-13-12-21-20(25)16-4-2-3-5-18(16)24(26)27/h2-11H,12-13H2,1H3,(H,21,25). The lowest BCUT2D eigenvalue weighted by atomic mass is 10.1. The zero-order chi connectivity index (χ0) is 20.6. The van der Waals surface area contributed by atoms with Crippen molar-refractivity contribution >= 4 is 11.6 Å². The number of rotatable bonds is 8. The van der Waals surface area contributed by atoms with Gasteiger partial charge in [0, 0.05) is 17.7 Å². The molecule has 0 aliphatic carbocycles. The number of amides is 1. The van der Waals surface area contributed by atoms with Gasteiger partial charge in [-0.1, -0.05) is 12.1 Å². The van der Waals surface area contributed by atoms with Gasteiger partial charge in [-0.25, -0.2) is 0 Å². The van der Waals surface area contributed by atoms with Gasteiger partial charge in [0.05, 0.1) is 24.3 Å². The molecule has 1 heterocycles. The van der Waals surface area contributed by atoms with Gasteiger partial charge in [0.2, 0.25) is 5.88 Å². The predicted octanol–water partition coefficient (Wildman–Crippen LogP) is 2.87. The second-order valence-corrected chi connectivity index (χ2v) is 5.86. The fourth-order valence-corrected chi connectivity index (χ4v) is 2.55. The van der Waals surface area contributed by atoms with Crippen LogP contribution in [0.2, 0.25) is 0 Å². The van der Waals surface area contributed by atoms with Crippen LogP contribution in [0.3, 0.4) is 0 Å². The molecule has 0 aliphatic heterocycles. The SMILES string of the molecule is COc1ccc(-c2ccc(OCCNC(=O)c3ccccc3[N+](=O)[O-])nn2)cc1. The van der Waals surface area contributed by atoms with Crippen LogP contribution in [-0.4, -0.2) is 41.3 Å². The quantitative estimate of drug-likeness (QED) is 0.355. The van der Waals surface area contributed by atoms with Crippen molar-refractivity contribution in [3.63, 3.8) is 0 Å². The summed E-state index contributed by atoms with van der Waals surface area (Å²) in [4.78, 5) is 22.5. The molecular weight excluding hydrogens is 376 g/mol. The molecule has 3 rings (SSSR count). The number of para-hydroxylation sites is 1. The van der Waals surface area contributed by atoms with Gasteiger partial charge in [0.15, 0.2) is 0 Å². The molecule has 0 saturated carbocycles. The van der Waals surface area contributed by atoms with Gasteiger partial charge in [-0.15, -0.1) is 10.2 Å². The largest absolute Gasteiger partial charge is 0.497 e. The first-order valence-corrected chi connectivity index (χ1v) is 8.71. The van der Waals surface area contributed by atoms with Crippen LogP contribution in [0.1, 0.15) is 10.4 Å². The molecule has 0 radical (unpaired) electrons. The molecule has 1 aromatic heterocycles. The number of nitrogens with zero attached hydrogens (tertiary/aromatic N) is 3. The van der Waals surface area contributed by atoms with E-state index in [4.69, 9.17) is 9.47 Å². The van der Waals surface area contributed by atoms with Crippen LogP contribution >= 0.6 is 0 Å². The summed E-state index contributed by atoms with van der Waals surface area (Å²) in [6.07, 6.45) is 0. The minimum Gasteiger partial charge on any atom is -0.497 e. The molecule has 0 saturated heterocycles. The summed E-state index contributed by atoms with van der Waals surface area (Å²) in [7, 11) is 1.60. The first-order chi connectivity index (χ1) is 14.1. The van der Waals surface area contributed by atoms with Gasteiger partial charge in [-0.05, 0) is 36.4 Å². The van der Waals surface area contributed by atoms with Gasteiger partial charge in [-0.2, -0.15) is 0 Å². The third-order valence-electron chi connectivity index (χ3n) is 4.01. The molecule has 0 atom stereocenters. The molecule has 1 N–H and O–H groups in total. The minimum absolute atomic E-state index is 0.00105. The van der Waals surface area contributed by atoms with Crippen LogP contribution < -0.4 is 14.8 Å². The Hall–Kier alpha value is -4.01. The highest BCUT2D eigenvalue weighted by Gasteiger charge is 2.18. The van der Waals surface area contributed by atoms with E-state index >= 15 is 0 Å². The lowest BCUT2D eigenvalue weighted by Gasteiger charge is -2.08. The molecular formula is C20H18N4O5. The van der Waals surface area contributed by atoms with Gasteiger partial charge < -0.3 is 14.8 Å². The summed E-state index contributed by atoms with van der Waals surface area (Å²) < 4.78 is 10.6. The predicted molar refractivity (Wildman–Crippen MR) is 105 cm³/mol. The highest BCUT2D eigenvalue weighted by atomic mass is 16.6. The highest BCUT2D eigenvalue weighted by Crippen LogP contribution is 2.21. The van der Waals surface area contributed by atoms with Crippen molar-refractivity contribution in [3.05, 3.63) is 76.3 Å². The van der Waals surface area contributed by atoms with Crippen molar-refractivity contribution < 1.29 is 19.2 Å². The molecule has 0 fully saturated rings. The van der Waals surface area contributed by atoms with Crippen molar-refractivity contribution in [2.45, 2.75) is 0 Å². The zero-order valence-electron chi connectivity index (χ0n) is 15.6. The molecule has 0 spiro atoms. The summed E-state index contributed by atoms with van der Waals surface area (Å²) in [5.74, 6) is 0.522. The topological polar surface area (TPSA) is 116 Å². The molecule has 2 aromatic carbocycles. The molecule has 0 unspecified atom stereocenters. The molecule has 148 valence electrons. The van der Waals surface area contributed by atoms with E-state index in [1.165, 1.54) is 18.2 Å². The van der Waals surface area contributed by atoms with Crippen molar-refractivity contribution in [2.75, 3.05) is 20.3 Å². The number of nitrogens with one attached hydrogen (secondary N) is 1. The normalized spacial score (nSPS) is 10.2. The fourth-order valence-electron chi connectivity index (χ4n) is 2.55. The number of benzene rings is 2. The second kappa shape index (κ2) is 9.27. The first-order valence-electron chi connectivity index (χ1n) is 8.71. The number of hydrogen-bond donors (Lipinski definition) is 1. The Morgan fingerprint density at radius 1 is 1.07 bits per heavy atom. The van der Waals surface area contributed by atoms with E-state index in [0.29, 0.717) is 11.6 Å². The van der Waals surface area contributed by atoms with Crippen LogP contribution in [0.4, 0.5) is 5.69 Å². The monoisotopic (exact) mass is 394 g/mol. The third kappa shape index (κ3) is 5.04. The number of carbonyl (C=O) groups is 1. The molecule has 9 heteroatoms. The maximum absolute atomic E-state index is 12.1. The second-order valence-electron chi connectivity index (χ2n) is 5.86. The van der Waals surface area contributed by atoms with Crippen LogP contribution in [0.25, 0.3) is 11.3 Å². The van der Waals surface area contributed by atoms with Crippen LogP contribution in [0, 0.1) is 10.1 Å². The summed E-state index contributed by atoms with van der Waals surface area (Å²) >= 11 is 0. The van der Waals surface area contributed by atoms with Gasteiger partial charge >= 0.3 is 0 Å². The van der Waals surface area contributed by atoms with Crippen molar-refractivity contribution in [1.82, 2.24) is 15.5 Å². The summed E-state index contributed by atoms with van der Waals surface area (Å²) in [6.45, 7) is 0.301. The number of ether oxygens (including phenoxy) is 2. The molecule has 9 nitrogen and oxygen atoms in total. The van der Waals surface area contributed by atoms with E-state index in [1.807, 2.05) is 24.3 Å². The van der Waals surface area contributed by atoms with Crippen molar-refractivity contribution in [2.24, 2.45) is 0 Å². The van der Waals surface area contributed by atoms with Gasteiger partial charge in [0.25, 0.3) is 11.6 Å². The van der Waals surface area contributed by atoms with E-state index in [9.17, 15) is 14.9 Å². The first kappa shape index (κ1) is 19.7. The number of aromatic nitrogens is 2. The number of hydrogen-bond acceptors (Lipinski definition) is 7. The molecule has 3 aromatic rings. The lowest BCUT2D eigenvalue weighted by Crippen LogP contribution is -2.28. The lowest BCUT2D eigenvalue weighted by molar-refractivity contribution is -0.385. The Balaban J connectivity index is 1.51. The summed E-state index contributed by atoms with van der Waals surface area (Å²) in [5, 5.41) is 21.7. The molecule has 1 amide bonds. The minimum atomic E-state index is -0.592. The Morgan fingerprint density at radius 3 is 2.48 bits per heavy atom. The summed E-state index contributed by atoms with van der Waals surface area (Å²) in [6, 6.07) is 16.6. The Kier molecular flexibility index (Phi) is 6.31. The Bertz CT molecular complexity index is 991. The molecule has 0 aliphatic rings. The average molecular weight is 394 g/mol. The van der Waals surface area contributed by atoms with E-state index in [-0.39, 0.29) is 24.4 Å². The van der Waals surface area contributed by atoms with E-state index < -0.39 is 10.8 Å². The van der Waals surface area contributed by atoms with Gasteiger partial charge in [0.1, 0.15) is 17.9 Å². The maximum atomic E-state index is 12.1. The Labute approximate surface area is 166 Å². The smallest absolute Gasteiger partial charge is 0.282 e. The number of nitro benzene ring substituents is 1. The third-order valence-corrected chi connectivity index (χ3v) is 4.01. The summed E-state index contributed by atoms with van der Waals surface area (Å²) in [5.41, 5.74) is 1.33. The number of methoxy groups -OCH3 is 1. The molecule has 29 heavy (non-hydrogen) atoms. The van der Waals surface area contributed by atoms with Crippen LogP contribution in [0.15, 0.2) is 60.7 Å².